The number of anilines is 1. The quantitative estimate of drug-likeness (QED) is 0.786. The molecule has 0 unspecified atom stereocenters. The second kappa shape index (κ2) is 6.06. The molecule has 1 fully saturated rings. The summed E-state index contributed by atoms with van der Waals surface area (Å²) in [6.45, 7) is 7.38. The second-order valence-electron chi connectivity index (χ2n) is 4.71. The van der Waals surface area contributed by atoms with E-state index >= 15 is 0 Å². The Morgan fingerprint density at radius 3 is 2.40 bits per heavy atom. The van der Waals surface area contributed by atoms with Crippen LogP contribution < -0.4 is 4.90 Å². The Balaban J connectivity index is 2.16. The van der Waals surface area contributed by atoms with Crippen LogP contribution in [0.5, 0.6) is 0 Å². The summed E-state index contributed by atoms with van der Waals surface area (Å²) in [5.74, 6) is 0. The summed E-state index contributed by atoms with van der Waals surface area (Å²) in [4.78, 5) is 4.10. The van der Waals surface area contributed by atoms with Crippen LogP contribution in [0.15, 0.2) is 30.9 Å². The molecule has 0 amide bonds. The van der Waals surface area contributed by atoms with Gasteiger partial charge in [0, 0.05) is 32.7 Å². The van der Waals surface area contributed by atoms with Crippen LogP contribution in [0, 0.1) is 0 Å². The van der Waals surface area contributed by atoms with Gasteiger partial charge in [-0.15, -0.1) is 6.58 Å². The van der Waals surface area contributed by atoms with Crippen molar-refractivity contribution in [1.29, 1.82) is 0 Å². The zero-order chi connectivity index (χ0) is 14.8. The normalized spacial score (nSPS) is 17.3. The molecule has 0 atom stereocenters. The lowest BCUT2D eigenvalue weighted by atomic mass is 10.1. The minimum Gasteiger partial charge on any atom is -0.368 e. The average Bonchev–Trinajstić information content (AvgIpc) is 2.39. The monoisotopic (exact) mass is 304 g/mol. The number of nitrogens with zero attached hydrogens (tertiary/aromatic N) is 2. The molecular weight excluding hydrogens is 289 g/mol. The van der Waals surface area contributed by atoms with Crippen molar-refractivity contribution in [2.24, 2.45) is 0 Å². The molecule has 110 valence electrons. The van der Waals surface area contributed by atoms with Crippen molar-refractivity contribution >= 4 is 17.3 Å². The van der Waals surface area contributed by atoms with Gasteiger partial charge in [-0.2, -0.15) is 13.2 Å². The van der Waals surface area contributed by atoms with Gasteiger partial charge in [-0.25, -0.2) is 0 Å². The molecule has 1 aliphatic heterocycles. The van der Waals surface area contributed by atoms with Crippen LogP contribution in [0.25, 0.3) is 0 Å². The summed E-state index contributed by atoms with van der Waals surface area (Å²) in [6.07, 6.45) is -2.59. The fourth-order valence-corrected chi connectivity index (χ4v) is 2.69. The van der Waals surface area contributed by atoms with E-state index in [0.717, 1.165) is 25.7 Å². The van der Waals surface area contributed by atoms with Gasteiger partial charge in [-0.05, 0) is 12.1 Å². The molecule has 2 nitrogen and oxygen atoms in total. The SMILES string of the molecule is C=CCN1CCN(c2cccc(C(F)(F)F)c2Cl)CC1. The highest BCUT2D eigenvalue weighted by molar-refractivity contribution is 6.34. The predicted octanol–water partition coefficient (Wildman–Crippen LogP) is 3.67. The molecular formula is C14H16ClF3N2. The van der Waals surface area contributed by atoms with E-state index in [-0.39, 0.29) is 5.02 Å². The van der Waals surface area contributed by atoms with Crippen molar-refractivity contribution in [2.45, 2.75) is 6.18 Å². The highest BCUT2D eigenvalue weighted by Gasteiger charge is 2.34. The Hall–Kier alpha value is -1.20. The molecule has 0 radical (unpaired) electrons. The van der Waals surface area contributed by atoms with Crippen LogP contribution in [0.4, 0.5) is 18.9 Å². The minimum absolute atomic E-state index is 0.211. The number of halogens is 4. The maximum Gasteiger partial charge on any atom is 0.417 e. The van der Waals surface area contributed by atoms with Crippen molar-refractivity contribution in [2.75, 3.05) is 37.6 Å². The zero-order valence-corrected chi connectivity index (χ0v) is 11.7. The maximum absolute atomic E-state index is 12.8. The summed E-state index contributed by atoms with van der Waals surface area (Å²) in [6, 6.07) is 4.06. The number of hydrogen-bond donors (Lipinski definition) is 0. The van der Waals surface area contributed by atoms with E-state index in [2.05, 4.69) is 11.5 Å². The Bertz CT molecular complexity index is 480. The van der Waals surface area contributed by atoms with Gasteiger partial charge in [0.2, 0.25) is 0 Å². The first-order chi connectivity index (χ1) is 9.43. The van der Waals surface area contributed by atoms with E-state index in [1.54, 1.807) is 6.07 Å². The summed E-state index contributed by atoms with van der Waals surface area (Å²) in [5, 5.41) is -0.211. The Morgan fingerprint density at radius 1 is 1.20 bits per heavy atom. The van der Waals surface area contributed by atoms with Crippen LogP contribution in [0.2, 0.25) is 5.02 Å². The smallest absolute Gasteiger partial charge is 0.368 e. The average molecular weight is 305 g/mol. The molecule has 6 heteroatoms. The fourth-order valence-electron chi connectivity index (χ4n) is 2.34. The molecule has 0 saturated carbocycles. The third-order valence-corrected chi connectivity index (χ3v) is 3.78. The number of rotatable bonds is 3. The Kier molecular flexibility index (Phi) is 4.60. The highest BCUT2D eigenvalue weighted by atomic mass is 35.5. The van der Waals surface area contributed by atoms with E-state index < -0.39 is 11.7 Å². The molecule has 0 aliphatic carbocycles. The summed E-state index contributed by atoms with van der Waals surface area (Å²) in [5.41, 5.74) is -0.315. The Labute approximate surface area is 121 Å². The van der Waals surface area contributed by atoms with Crippen LogP contribution >= 0.6 is 11.6 Å². The standard InChI is InChI=1S/C14H16ClF3N2/c1-2-6-19-7-9-20(10-8-19)12-5-3-4-11(13(12)15)14(16,17)18/h2-5H,1,6-10H2. The molecule has 1 saturated heterocycles. The van der Waals surface area contributed by atoms with Gasteiger partial charge >= 0.3 is 6.18 Å². The molecule has 1 heterocycles. The van der Waals surface area contributed by atoms with Crippen LogP contribution in [0.1, 0.15) is 5.56 Å². The third-order valence-electron chi connectivity index (χ3n) is 3.38. The number of piperazine rings is 1. The van der Waals surface area contributed by atoms with Gasteiger partial charge in [-0.1, -0.05) is 23.7 Å². The van der Waals surface area contributed by atoms with Crippen LogP contribution in [0.3, 0.4) is 0 Å². The molecule has 1 aromatic rings. The molecule has 0 spiro atoms. The number of hydrogen-bond acceptors (Lipinski definition) is 2. The van der Waals surface area contributed by atoms with Gasteiger partial charge in [0.05, 0.1) is 16.3 Å². The lowest BCUT2D eigenvalue weighted by Gasteiger charge is -2.36. The number of benzene rings is 1. The fraction of sp³-hybridized carbons (Fsp3) is 0.429. The first-order valence-corrected chi connectivity index (χ1v) is 6.75. The molecule has 20 heavy (non-hydrogen) atoms. The summed E-state index contributed by atoms with van der Waals surface area (Å²) in [7, 11) is 0. The topological polar surface area (TPSA) is 6.48 Å². The minimum atomic E-state index is -4.42. The largest absolute Gasteiger partial charge is 0.417 e. The van der Waals surface area contributed by atoms with Gasteiger partial charge < -0.3 is 4.90 Å². The summed E-state index contributed by atoms with van der Waals surface area (Å²) < 4.78 is 38.5. The zero-order valence-electron chi connectivity index (χ0n) is 11.0. The molecule has 1 aliphatic rings. The van der Waals surface area contributed by atoms with E-state index in [0.29, 0.717) is 18.8 Å². The van der Waals surface area contributed by atoms with Crippen LogP contribution in [-0.2, 0) is 6.18 Å². The Morgan fingerprint density at radius 2 is 1.85 bits per heavy atom. The lowest BCUT2D eigenvalue weighted by molar-refractivity contribution is -0.137. The van der Waals surface area contributed by atoms with Crippen molar-refractivity contribution in [3.05, 3.63) is 41.4 Å². The molecule has 0 bridgehead atoms. The van der Waals surface area contributed by atoms with Gasteiger partial charge in [0.25, 0.3) is 0 Å². The first kappa shape index (κ1) is 15.2. The van der Waals surface area contributed by atoms with E-state index in [4.69, 9.17) is 11.6 Å². The molecule has 1 aromatic carbocycles. The summed E-state index contributed by atoms with van der Waals surface area (Å²) >= 11 is 5.93. The van der Waals surface area contributed by atoms with Crippen molar-refractivity contribution in [3.8, 4) is 0 Å². The van der Waals surface area contributed by atoms with Crippen molar-refractivity contribution in [1.82, 2.24) is 4.90 Å². The lowest BCUT2D eigenvalue weighted by Crippen LogP contribution is -2.46. The third kappa shape index (κ3) is 3.27. The van der Waals surface area contributed by atoms with E-state index in [9.17, 15) is 13.2 Å². The highest BCUT2D eigenvalue weighted by Crippen LogP contribution is 2.39. The van der Waals surface area contributed by atoms with Crippen molar-refractivity contribution in [3.63, 3.8) is 0 Å². The molecule has 2 rings (SSSR count). The van der Waals surface area contributed by atoms with Gasteiger partial charge in [0.1, 0.15) is 0 Å². The van der Waals surface area contributed by atoms with E-state index in [1.165, 1.54) is 6.07 Å². The second-order valence-corrected chi connectivity index (χ2v) is 5.09. The molecule has 0 N–H and O–H groups in total. The number of alkyl halides is 3. The predicted molar refractivity (Wildman–Crippen MR) is 75.3 cm³/mol. The van der Waals surface area contributed by atoms with Gasteiger partial charge in [0.15, 0.2) is 0 Å². The molecule has 0 aromatic heterocycles. The van der Waals surface area contributed by atoms with Crippen LogP contribution in [-0.4, -0.2) is 37.6 Å². The van der Waals surface area contributed by atoms with E-state index in [1.807, 2.05) is 11.0 Å². The first-order valence-electron chi connectivity index (χ1n) is 6.37. The van der Waals surface area contributed by atoms with Gasteiger partial charge in [-0.3, -0.25) is 4.90 Å². The van der Waals surface area contributed by atoms with Crippen molar-refractivity contribution < 1.29 is 13.2 Å². The maximum atomic E-state index is 12.8.